The quantitative estimate of drug-likeness (QED) is 0.0187. The lowest BCUT2D eigenvalue weighted by Crippen LogP contribution is -2.57. The molecule has 0 aliphatic carbocycles. The van der Waals surface area contributed by atoms with Gasteiger partial charge in [-0.1, -0.05) is 61.5 Å². The van der Waals surface area contributed by atoms with Gasteiger partial charge in [0, 0.05) is 31.6 Å². The Kier molecular flexibility index (Phi) is 25.1. The minimum atomic E-state index is -1.37. The minimum absolute atomic E-state index is 0.00794. The van der Waals surface area contributed by atoms with Crippen LogP contribution in [-0.2, 0) is 52.7 Å². The summed E-state index contributed by atoms with van der Waals surface area (Å²) >= 11 is 0. The number of hydrogen-bond acceptors (Lipinski definition) is 14. The van der Waals surface area contributed by atoms with Crippen LogP contribution in [0.4, 0.5) is 4.79 Å². The first-order valence-corrected chi connectivity index (χ1v) is 28.0. The molecule has 0 aliphatic rings. The summed E-state index contributed by atoms with van der Waals surface area (Å²) in [5.74, 6) is -0.224. The maximum Gasteiger partial charge on any atom is 0.407 e. The third kappa shape index (κ3) is 21.8. The molecule has 0 fully saturated rings. The number of rotatable bonds is 30. The molecule has 5 rings (SSSR count). The molecule has 0 spiro atoms. The van der Waals surface area contributed by atoms with Gasteiger partial charge in [-0.05, 0) is 162 Å². The first kappa shape index (κ1) is 65.5. The standard InChI is InChI=1S/C64H84N6O13/c1-12-43-37-48(77-9)30-32-50(43)44-22-18-42(19-23-44)36-54(69-59(73)52(65)39-57(72)82-63(2,3)4)61(75)68-53(17-15-16-41-20-26-46(27-21-41)80-35-14-13-34-67-62(76)83-64(5,6)7)60(74)70-58(51-33-31-49(78-10)38-55(51)79-11)45-24-28-47(29-25-45)81-40-56(71)66-8/h18-33,37-38,52-54,58H,12-17,34-36,39-40,65H2,1-11H3,(H,66,71)(H,67,76)(H,68,75)(H,69,73)(H,70,74)/t52?,53-,54-,58?/m0/s1. The third-order valence-electron chi connectivity index (χ3n) is 13.1. The monoisotopic (exact) mass is 1140 g/mol. The van der Waals surface area contributed by atoms with Crippen LogP contribution in [0.5, 0.6) is 28.7 Å². The zero-order chi connectivity index (χ0) is 60.7. The number of carbonyl (C=O) groups is 6. The van der Waals surface area contributed by atoms with Gasteiger partial charge in [-0.3, -0.25) is 24.0 Å². The van der Waals surface area contributed by atoms with Gasteiger partial charge < -0.3 is 65.5 Å². The summed E-state index contributed by atoms with van der Waals surface area (Å²) in [4.78, 5) is 80.8. The van der Waals surface area contributed by atoms with E-state index in [0.717, 1.165) is 34.4 Å². The molecule has 0 bridgehead atoms. The molecule has 19 heteroatoms. The number of ether oxygens (including phenoxy) is 7. The Morgan fingerprint density at radius 3 is 1.82 bits per heavy atom. The van der Waals surface area contributed by atoms with E-state index in [1.807, 2.05) is 87.5 Å². The molecular formula is C64H84N6O13. The SMILES string of the molecule is CCc1cc(OC)ccc1-c1ccc(C[C@H](NC(=O)C(N)CC(=O)OC(C)(C)C)C(=O)N[C@@H](CCCc2ccc(OCCCCNC(=O)OC(C)(C)C)cc2)C(=O)NC(c2ccc(OCC(=O)NC)cc2)c2ccc(OC)cc2OC)cc1. The predicted octanol–water partition coefficient (Wildman–Crippen LogP) is 8.25. The highest BCUT2D eigenvalue weighted by Gasteiger charge is 2.32. The van der Waals surface area contributed by atoms with Crippen LogP contribution in [0.3, 0.4) is 0 Å². The lowest BCUT2D eigenvalue weighted by atomic mass is 9.95. The van der Waals surface area contributed by atoms with Gasteiger partial charge in [0.25, 0.3) is 5.91 Å². The van der Waals surface area contributed by atoms with Crippen LogP contribution < -0.4 is 56.0 Å². The first-order valence-electron chi connectivity index (χ1n) is 28.0. The number of benzene rings is 5. The first-order chi connectivity index (χ1) is 39.5. The molecule has 448 valence electrons. The molecule has 0 heterocycles. The van der Waals surface area contributed by atoms with Gasteiger partial charge in [-0.15, -0.1) is 0 Å². The van der Waals surface area contributed by atoms with E-state index in [4.69, 9.17) is 38.9 Å². The van der Waals surface area contributed by atoms with E-state index < -0.39 is 71.6 Å². The fourth-order valence-corrected chi connectivity index (χ4v) is 8.81. The second kappa shape index (κ2) is 31.8. The summed E-state index contributed by atoms with van der Waals surface area (Å²) in [7, 11) is 6.18. The molecule has 0 aromatic heterocycles. The minimum Gasteiger partial charge on any atom is -0.497 e. The topological polar surface area (TPSA) is 253 Å². The molecular weight excluding hydrogens is 1060 g/mol. The van der Waals surface area contributed by atoms with Crippen LogP contribution in [0.1, 0.15) is 114 Å². The van der Waals surface area contributed by atoms with E-state index in [1.54, 1.807) is 70.3 Å². The number of amides is 5. The van der Waals surface area contributed by atoms with Crippen LogP contribution in [0, 0.1) is 0 Å². The molecule has 19 nitrogen and oxygen atoms in total. The van der Waals surface area contributed by atoms with Crippen molar-refractivity contribution in [1.82, 2.24) is 26.6 Å². The number of likely N-dealkylation sites (N-methyl/N-ethyl adjacent to an activating group) is 1. The zero-order valence-electron chi connectivity index (χ0n) is 49.9. The average molecular weight is 1150 g/mol. The van der Waals surface area contributed by atoms with Gasteiger partial charge in [0.05, 0.1) is 46.4 Å². The van der Waals surface area contributed by atoms with E-state index >= 15 is 4.79 Å². The van der Waals surface area contributed by atoms with Crippen molar-refractivity contribution in [2.24, 2.45) is 5.73 Å². The number of nitrogens with one attached hydrogen (secondary N) is 5. The number of alkyl carbamates (subject to hydrolysis) is 1. The second-order valence-electron chi connectivity index (χ2n) is 21.9. The lowest BCUT2D eigenvalue weighted by Gasteiger charge is -2.27. The summed E-state index contributed by atoms with van der Waals surface area (Å²) in [6.07, 6.45) is 2.36. The molecule has 0 saturated heterocycles. The highest BCUT2D eigenvalue weighted by atomic mass is 16.6. The Morgan fingerprint density at radius 2 is 1.19 bits per heavy atom. The smallest absolute Gasteiger partial charge is 0.407 e. The summed E-state index contributed by atoms with van der Waals surface area (Å²) in [6.45, 7) is 13.3. The molecule has 5 aromatic rings. The van der Waals surface area contributed by atoms with Gasteiger partial charge in [0.1, 0.15) is 52.0 Å². The van der Waals surface area contributed by atoms with Gasteiger partial charge in [0.15, 0.2) is 6.61 Å². The number of aryl methyl sites for hydroxylation is 2. The fourth-order valence-electron chi connectivity index (χ4n) is 8.81. The molecule has 83 heavy (non-hydrogen) atoms. The van der Waals surface area contributed by atoms with Gasteiger partial charge in [0.2, 0.25) is 17.7 Å². The Balaban J connectivity index is 1.44. The average Bonchev–Trinajstić information content (AvgIpc) is 3.65. The highest BCUT2D eigenvalue weighted by molar-refractivity contribution is 5.94. The highest BCUT2D eigenvalue weighted by Crippen LogP contribution is 2.35. The van der Waals surface area contributed by atoms with Crippen LogP contribution in [-0.4, -0.2) is 113 Å². The van der Waals surface area contributed by atoms with Crippen molar-refractivity contribution in [3.8, 4) is 39.9 Å². The summed E-state index contributed by atoms with van der Waals surface area (Å²) in [6, 6.07) is 28.6. The molecule has 2 unspecified atom stereocenters. The molecule has 5 amide bonds. The molecule has 0 aliphatic heterocycles. The number of hydrogen-bond donors (Lipinski definition) is 6. The van der Waals surface area contributed by atoms with Gasteiger partial charge in [-0.2, -0.15) is 0 Å². The third-order valence-corrected chi connectivity index (χ3v) is 13.1. The Morgan fingerprint density at radius 1 is 0.602 bits per heavy atom. The molecule has 0 radical (unpaired) electrons. The second-order valence-corrected chi connectivity index (χ2v) is 21.9. The van der Waals surface area contributed by atoms with Crippen molar-refractivity contribution in [2.45, 2.75) is 135 Å². The fraction of sp³-hybridized carbons (Fsp3) is 0.438. The molecule has 4 atom stereocenters. The summed E-state index contributed by atoms with van der Waals surface area (Å²) in [5.41, 5.74) is 10.8. The molecule has 0 saturated carbocycles. The number of esters is 1. The molecule has 5 aromatic carbocycles. The van der Waals surface area contributed by atoms with E-state index in [-0.39, 0.29) is 25.4 Å². The van der Waals surface area contributed by atoms with Gasteiger partial charge in [-0.25, -0.2) is 4.79 Å². The van der Waals surface area contributed by atoms with Crippen molar-refractivity contribution in [1.29, 1.82) is 0 Å². The number of nitrogens with two attached hydrogens (primary N) is 1. The normalized spacial score (nSPS) is 12.7. The maximum absolute atomic E-state index is 15.1. The van der Waals surface area contributed by atoms with E-state index in [0.29, 0.717) is 78.5 Å². The number of unbranched alkanes of at least 4 members (excludes halogenated alkanes) is 1. The Bertz CT molecular complexity index is 2920. The van der Waals surface area contributed by atoms with Crippen LogP contribution in [0.2, 0.25) is 0 Å². The van der Waals surface area contributed by atoms with Crippen molar-refractivity contribution >= 4 is 35.7 Å². The van der Waals surface area contributed by atoms with E-state index in [9.17, 15) is 24.0 Å². The van der Waals surface area contributed by atoms with Crippen LogP contribution in [0.15, 0.2) is 109 Å². The lowest BCUT2D eigenvalue weighted by molar-refractivity contribution is -0.156. The van der Waals surface area contributed by atoms with E-state index in [2.05, 4.69) is 33.5 Å². The Labute approximate surface area is 488 Å². The maximum atomic E-state index is 15.1. The number of carbonyl (C=O) groups excluding carboxylic acids is 6. The predicted molar refractivity (Wildman–Crippen MR) is 318 cm³/mol. The van der Waals surface area contributed by atoms with Crippen molar-refractivity contribution in [3.05, 3.63) is 137 Å². The van der Waals surface area contributed by atoms with Crippen molar-refractivity contribution < 1.29 is 61.9 Å². The number of methoxy groups -OCH3 is 3. The van der Waals surface area contributed by atoms with Crippen molar-refractivity contribution in [2.75, 3.05) is 48.1 Å². The van der Waals surface area contributed by atoms with Gasteiger partial charge >= 0.3 is 12.1 Å². The van der Waals surface area contributed by atoms with E-state index in [1.165, 1.54) is 21.3 Å². The van der Waals surface area contributed by atoms with Crippen molar-refractivity contribution in [3.63, 3.8) is 0 Å². The summed E-state index contributed by atoms with van der Waals surface area (Å²) < 4.78 is 39.2. The van der Waals surface area contributed by atoms with Crippen LogP contribution in [0.25, 0.3) is 11.1 Å². The Hall–Kier alpha value is -8.32. The largest absolute Gasteiger partial charge is 0.497 e. The molecule has 7 N–H and O–H groups in total. The summed E-state index contributed by atoms with van der Waals surface area (Å²) in [5, 5.41) is 14.3. The van der Waals surface area contributed by atoms with Crippen LogP contribution >= 0.6 is 0 Å². The zero-order valence-corrected chi connectivity index (χ0v) is 49.9.